The average Bonchev–Trinajstić information content (AvgIpc) is 3.37. The van der Waals surface area contributed by atoms with Crippen LogP contribution >= 0.6 is 27.5 Å². The lowest BCUT2D eigenvalue weighted by Crippen LogP contribution is -2.48. The fourth-order valence-electron chi connectivity index (χ4n) is 5.65. The van der Waals surface area contributed by atoms with Crippen molar-refractivity contribution in [1.82, 2.24) is 10.2 Å². The van der Waals surface area contributed by atoms with Crippen LogP contribution in [0.3, 0.4) is 0 Å². The molecule has 0 aliphatic carbocycles. The average molecular weight is 632 g/mol. The molecule has 1 aliphatic heterocycles. The van der Waals surface area contributed by atoms with E-state index >= 15 is 0 Å². The summed E-state index contributed by atoms with van der Waals surface area (Å²) in [5.74, 6) is -2.80. The Labute approximate surface area is 252 Å². The third-order valence-corrected chi connectivity index (χ3v) is 8.31. The molecule has 8 heteroatoms. The maximum absolute atomic E-state index is 14.4. The normalized spacial score (nSPS) is 19.9. The summed E-state index contributed by atoms with van der Waals surface area (Å²) in [6.07, 6.45) is 0. The van der Waals surface area contributed by atoms with Crippen molar-refractivity contribution in [2.45, 2.75) is 24.5 Å². The van der Waals surface area contributed by atoms with Gasteiger partial charge in [-0.2, -0.15) is 0 Å². The molecule has 1 fully saturated rings. The first-order valence-corrected chi connectivity index (χ1v) is 14.3. The number of esters is 1. The highest BCUT2D eigenvalue weighted by Gasteiger charge is 2.58. The van der Waals surface area contributed by atoms with Crippen LogP contribution in [0.1, 0.15) is 39.0 Å². The Hall–Kier alpha value is -3.94. The summed E-state index contributed by atoms with van der Waals surface area (Å²) in [4.78, 5) is 43.8. The van der Waals surface area contributed by atoms with E-state index in [1.165, 1.54) is 7.11 Å². The number of methoxy groups -OCH3 is 1. The molecule has 1 saturated heterocycles. The number of nitrogens with one attached hydrogen (secondary N) is 1. The SMILES string of the molecule is COC(=O)C1C(c2ccccc2)C(C(=O)NCc2ccccc2Cl)N(C(=O)c2cccc(Br)c2)C1c1ccccc1. The number of carbonyl (C=O) groups is 3. The summed E-state index contributed by atoms with van der Waals surface area (Å²) < 4.78 is 6.05. The van der Waals surface area contributed by atoms with Gasteiger partial charge >= 0.3 is 5.97 Å². The molecule has 4 aromatic carbocycles. The van der Waals surface area contributed by atoms with Crippen LogP contribution in [0.15, 0.2) is 114 Å². The minimum atomic E-state index is -1.03. The highest BCUT2D eigenvalue weighted by atomic mass is 79.9. The van der Waals surface area contributed by atoms with Gasteiger partial charge in [0.15, 0.2) is 0 Å². The summed E-state index contributed by atoms with van der Waals surface area (Å²) in [6, 6.07) is 31.1. The third-order valence-electron chi connectivity index (χ3n) is 7.45. The van der Waals surface area contributed by atoms with Gasteiger partial charge in [0.2, 0.25) is 5.91 Å². The van der Waals surface area contributed by atoms with E-state index in [2.05, 4.69) is 21.2 Å². The first-order chi connectivity index (χ1) is 19.9. The molecule has 208 valence electrons. The van der Waals surface area contributed by atoms with Crippen molar-refractivity contribution in [1.29, 1.82) is 0 Å². The van der Waals surface area contributed by atoms with Gasteiger partial charge in [-0.1, -0.05) is 112 Å². The van der Waals surface area contributed by atoms with Gasteiger partial charge in [-0.25, -0.2) is 0 Å². The molecule has 0 radical (unpaired) electrons. The van der Waals surface area contributed by atoms with Gasteiger partial charge in [-0.05, 0) is 41.0 Å². The number of ether oxygens (including phenoxy) is 1. The molecule has 0 spiro atoms. The summed E-state index contributed by atoms with van der Waals surface area (Å²) in [7, 11) is 1.33. The summed E-state index contributed by atoms with van der Waals surface area (Å²) in [6.45, 7) is 0.161. The summed E-state index contributed by atoms with van der Waals surface area (Å²) in [5, 5.41) is 3.52. The van der Waals surface area contributed by atoms with Crippen molar-refractivity contribution < 1.29 is 19.1 Å². The third kappa shape index (κ3) is 5.92. The van der Waals surface area contributed by atoms with Gasteiger partial charge in [-0.15, -0.1) is 0 Å². The van der Waals surface area contributed by atoms with Gasteiger partial charge in [0.25, 0.3) is 5.91 Å². The number of hydrogen-bond acceptors (Lipinski definition) is 4. The van der Waals surface area contributed by atoms with E-state index in [4.69, 9.17) is 16.3 Å². The topological polar surface area (TPSA) is 75.7 Å². The van der Waals surface area contributed by atoms with Crippen LogP contribution in [0.25, 0.3) is 0 Å². The van der Waals surface area contributed by atoms with Gasteiger partial charge in [-0.3, -0.25) is 14.4 Å². The highest BCUT2D eigenvalue weighted by molar-refractivity contribution is 9.10. The van der Waals surface area contributed by atoms with E-state index < -0.39 is 35.8 Å². The molecular weight excluding hydrogens is 604 g/mol. The molecule has 0 saturated carbocycles. The molecule has 4 aromatic rings. The monoisotopic (exact) mass is 630 g/mol. The summed E-state index contributed by atoms with van der Waals surface area (Å²) in [5.41, 5.74) is 2.62. The zero-order valence-corrected chi connectivity index (χ0v) is 24.6. The molecule has 6 nitrogen and oxygen atoms in total. The lowest BCUT2D eigenvalue weighted by Gasteiger charge is -2.31. The molecule has 5 rings (SSSR count). The van der Waals surface area contributed by atoms with Gasteiger partial charge in [0.1, 0.15) is 6.04 Å². The number of rotatable bonds is 7. The van der Waals surface area contributed by atoms with Crippen LogP contribution in [-0.4, -0.2) is 35.8 Å². The molecule has 41 heavy (non-hydrogen) atoms. The standard InChI is InChI=1S/C33H28BrClN2O4/c1-41-33(40)28-27(21-11-4-2-5-12-21)30(31(38)36-20-24-15-8-9-18-26(24)35)37(29(28)22-13-6-3-7-14-22)32(39)23-16-10-17-25(34)19-23/h2-19,27-30H,20H2,1H3,(H,36,38). The molecule has 1 heterocycles. The minimum absolute atomic E-state index is 0.161. The van der Waals surface area contributed by atoms with Gasteiger partial charge in [0, 0.05) is 27.5 Å². The number of hydrogen-bond donors (Lipinski definition) is 1. The lowest BCUT2D eigenvalue weighted by atomic mass is 9.80. The van der Waals surface area contributed by atoms with Crippen LogP contribution in [0.5, 0.6) is 0 Å². The lowest BCUT2D eigenvalue weighted by molar-refractivity contribution is -0.146. The van der Waals surface area contributed by atoms with Crippen molar-refractivity contribution in [3.63, 3.8) is 0 Å². The fourth-order valence-corrected chi connectivity index (χ4v) is 6.25. The molecular formula is C33H28BrClN2O4. The number of benzene rings is 4. The Morgan fingerprint density at radius 1 is 0.854 bits per heavy atom. The minimum Gasteiger partial charge on any atom is -0.469 e. The van der Waals surface area contributed by atoms with Crippen LogP contribution in [0.2, 0.25) is 5.02 Å². The van der Waals surface area contributed by atoms with Crippen molar-refractivity contribution in [2.75, 3.05) is 7.11 Å². The van der Waals surface area contributed by atoms with E-state index in [1.807, 2.05) is 84.9 Å². The Balaban J connectivity index is 1.68. The molecule has 1 aliphatic rings. The van der Waals surface area contributed by atoms with Crippen molar-refractivity contribution in [3.8, 4) is 0 Å². The first-order valence-electron chi connectivity index (χ1n) is 13.2. The molecule has 4 atom stereocenters. The van der Waals surface area contributed by atoms with Crippen LogP contribution in [0, 0.1) is 5.92 Å². The number of likely N-dealkylation sites (tertiary alicyclic amines) is 1. The number of halogens is 2. The fraction of sp³-hybridized carbons (Fsp3) is 0.182. The van der Waals surface area contributed by atoms with Crippen molar-refractivity contribution in [3.05, 3.63) is 141 Å². The smallest absolute Gasteiger partial charge is 0.311 e. The van der Waals surface area contributed by atoms with Crippen molar-refractivity contribution in [2.24, 2.45) is 5.92 Å². The van der Waals surface area contributed by atoms with E-state index in [0.29, 0.717) is 10.6 Å². The quantitative estimate of drug-likeness (QED) is 0.235. The number of nitrogens with zero attached hydrogens (tertiary/aromatic N) is 1. The molecule has 1 N–H and O–H groups in total. The zero-order chi connectivity index (χ0) is 28.9. The van der Waals surface area contributed by atoms with Gasteiger partial charge < -0.3 is 15.0 Å². The van der Waals surface area contributed by atoms with Crippen LogP contribution in [-0.2, 0) is 20.9 Å². The molecule has 0 aromatic heterocycles. The number of amides is 2. The highest BCUT2D eigenvalue weighted by Crippen LogP contribution is 2.51. The predicted octanol–water partition coefficient (Wildman–Crippen LogP) is 6.56. The van der Waals surface area contributed by atoms with E-state index in [0.717, 1.165) is 21.2 Å². The predicted molar refractivity (Wildman–Crippen MR) is 161 cm³/mol. The zero-order valence-electron chi connectivity index (χ0n) is 22.2. The second-order valence-corrected chi connectivity index (χ2v) is 11.1. The largest absolute Gasteiger partial charge is 0.469 e. The van der Waals surface area contributed by atoms with E-state index in [-0.39, 0.29) is 12.5 Å². The molecule has 2 amide bonds. The second kappa shape index (κ2) is 12.7. The Morgan fingerprint density at radius 2 is 1.49 bits per heavy atom. The van der Waals surface area contributed by atoms with Gasteiger partial charge in [0.05, 0.1) is 19.1 Å². The van der Waals surface area contributed by atoms with Crippen molar-refractivity contribution >= 4 is 45.3 Å². The van der Waals surface area contributed by atoms with E-state index in [1.54, 1.807) is 29.2 Å². The first kappa shape index (κ1) is 28.6. The summed E-state index contributed by atoms with van der Waals surface area (Å²) >= 11 is 9.83. The maximum atomic E-state index is 14.4. The number of carbonyl (C=O) groups excluding carboxylic acids is 3. The van der Waals surface area contributed by atoms with Crippen LogP contribution < -0.4 is 5.32 Å². The maximum Gasteiger partial charge on any atom is 0.311 e. The molecule has 0 bridgehead atoms. The van der Waals surface area contributed by atoms with E-state index in [9.17, 15) is 14.4 Å². The Morgan fingerprint density at radius 3 is 2.12 bits per heavy atom. The van der Waals surface area contributed by atoms with Crippen LogP contribution in [0.4, 0.5) is 0 Å². The Kier molecular flexibility index (Phi) is 8.86. The second-order valence-electron chi connectivity index (χ2n) is 9.82. The molecule has 4 unspecified atom stereocenters. The Bertz CT molecular complexity index is 1550.